The Morgan fingerprint density at radius 2 is 2.02 bits per heavy atom. The maximum atomic E-state index is 13.5. The van der Waals surface area contributed by atoms with Crippen molar-refractivity contribution in [2.75, 3.05) is 25.0 Å². The number of nitrogens with one attached hydrogen (secondary N) is 1. The zero-order valence-electron chi connectivity index (χ0n) is 22.6. The van der Waals surface area contributed by atoms with E-state index in [9.17, 15) is 9.59 Å². The van der Waals surface area contributed by atoms with E-state index in [0.717, 1.165) is 35.9 Å². The van der Waals surface area contributed by atoms with Crippen LogP contribution >= 0.6 is 0 Å². The fraction of sp³-hybridized carbons (Fsp3) is 0.345. The zero-order valence-corrected chi connectivity index (χ0v) is 22.6. The first kappa shape index (κ1) is 25.6. The fourth-order valence-electron chi connectivity index (χ4n) is 5.11. The molecule has 2 aliphatic heterocycles. The van der Waals surface area contributed by atoms with Crippen LogP contribution in [0.3, 0.4) is 0 Å². The Bertz CT molecular complexity index is 1620. The zero-order chi connectivity index (χ0) is 27.8. The van der Waals surface area contributed by atoms with E-state index in [1.807, 2.05) is 36.7 Å². The lowest BCUT2D eigenvalue weighted by Crippen LogP contribution is -2.55. The monoisotopic (exact) mass is 541 g/mol. The van der Waals surface area contributed by atoms with E-state index in [-0.39, 0.29) is 17.9 Å². The average Bonchev–Trinajstić information content (AvgIpc) is 3.45. The van der Waals surface area contributed by atoms with Crippen LogP contribution in [0.5, 0.6) is 11.6 Å². The van der Waals surface area contributed by atoms with Gasteiger partial charge in [-0.3, -0.25) is 19.9 Å². The molecule has 4 aromatic rings. The molecule has 206 valence electrons. The minimum Gasteiger partial charge on any atom is -0.487 e. The van der Waals surface area contributed by atoms with E-state index < -0.39 is 0 Å². The highest BCUT2D eigenvalue weighted by Gasteiger charge is 2.31. The van der Waals surface area contributed by atoms with Crippen molar-refractivity contribution in [1.82, 2.24) is 29.2 Å². The summed E-state index contributed by atoms with van der Waals surface area (Å²) in [6.45, 7) is 7.66. The number of aryl methyl sites for hydroxylation is 3. The number of nitrogens with zero attached hydrogens (tertiary/aromatic N) is 6. The number of anilines is 1. The van der Waals surface area contributed by atoms with Crippen LogP contribution in [0.25, 0.3) is 22.3 Å². The number of carbonyl (C=O) groups excluding carboxylic acids is 2. The molecular formula is C29H31N7O4. The Balaban J connectivity index is 1.31. The van der Waals surface area contributed by atoms with E-state index in [4.69, 9.17) is 14.5 Å². The molecule has 0 aliphatic carbocycles. The molecule has 3 aromatic heterocycles. The van der Waals surface area contributed by atoms with Gasteiger partial charge in [-0.05, 0) is 56.5 Å². The highest BCUT2D eigenvalue weighted by molar-refractivity contribution is 6.04. The lowest BCUT2D eigenvalue weighted by molar-refractivity contribution is -0.134. The quantitative estimate of drug-likeness (QED) is 0.393. The van der Waals surface area contributed by atoms with Gasteiger partial charge in [0.25, 0.3) is 5.91 Å². The van der Waals surface area contributed by atoms with E-state index in [2.05, 4.69) is 22.0 Å². The Morgan fingerprint density at radius 3 is 2.85 bits per heavy atom. The highest BCUT2D eigenvalue weighted by Crippen LogP contribution is 2.31. The summed E-state index contributed by atoms with van der Waals surface area (Å²) in [6, 6.07) is 9.23. The molecule has 2 amide bonds. The van der Waals surface area contributed by atoms with Gasteiger partial charge in [-0.25, -0.2) is 9.67 Å². The minimum atomic E-state index is -0.276. The van der Waals surface area contributed by atoms with Crippen molar-refractivity contribution in [3.05, 3.63) is 60.4 Å². The Morgan fingerprint density at radius 1 is 1.18 bits per heavy atom. The second-order valence-electron chi connectivity index (χ2n) is 10.2. The van der Waals surface area contributed by atoms with E-state index in [0.29, 0.717) is 60.8 Å². The van der Waals surface area contributed by atoms with Crippen molar-refractivity contribution in [1.29, 1.82) is 0 Å². The van der Waals surface area contributed by atoms with Crippen LogP contribution in [0, 0.1) is 6.92 Å². The largest absolute Gasteiger partial charge is 0.487 e. The van der Waals surface area contributed by atoms with Gasteiger partial charge in [0, 0.05) is 30.9 Å². The van der Waals surface area contributed by atoms with Crippen LogP contribution in [0.1, 0.15) is 35.3 Å². The molecule has 0 unspecified atom stereocenters. The number of rotatable bonds is 3. The molecule has 11 nitrogen and oxygen atoms in total. The van der Waals surface area contributed by atoms with Gasteiger partial charge in [-0.2, -0.15) is 5.10 Å². The van der Waals surface area contributed by atoms with Crippen molar-refractivity contribution in [3.8, 4) is 22.9 Å². The van der Waals surface area contributed by atoms with Gasteiger partial charge in [0.05, 0.1) is 48.2 Å². The fourth-order valence-corrected chi connectivity index (χ4v) is 5.11. The second-order valence-corrected chi connectivity index (χ2v) is 10.2. The molecular weight excluding hydrogens is 510 g/mol. The molecule has 2 aliphatic rings. The number of hydrogen-bond acceptors (Lipinski definition) is 7. The molecule has 11 heteroatoms. The van der Waals surface area contributed by atoms with Crippen molar-refractivity contribution in [3.63, 3.8) is 0 Å². The molecule has 0 saturated carbocycles. The summed E-state index contributed by atoms with van der Waals surface area (Å²) in [6.07, 6.45) is 5.62. The summed E-state index contributed by atoms with van der Waals surface area (Å²) in [4.78, 5) is 36.3. The predicted octanol–water partition coefficient (Wildman–Crippen LogP) is 3.73. The summed E-state index contributed by atoms with van der Waals surface area (Å²) in [5, 5.41) is 7.38. The van der Waals surface area contributed by atoms with Gasteiger partial charge in [-0.1, -0.05) is 6.58 Å². The second kappa shape index (κ2) is 10.5. The molecule has 0 spiro atoms. The molecule has 2 bridgehead atoms. The van der Waals surface area contributed by atoms with E-state index >= 15 is 0 Å². The Hall–Kier alpha value is -4.67. The summed E-state index contributed by atoms with van der Waals surface area (Å²) in [5.41, 5.74) is 4.19. The van der Waals surface area contributed by atoms with Crippen molar-refractivity contribution >= 4 is 28.8 Å². The molecule has 1 fully saturated rings. The van der Waals surface area contributed by atoms with Crippen molar-refractivity contribution < 1.29 is 19.1 Å². The first-order valence-corrected chi connectivity index (χ1v) is 13.4. The van der Waals surface area contributed by atoms with Crippen LogP contribution < -0.4 is 14.8 Å². The van der Waals surface area contributed by atoms with Crippen LogP contribution in [0.2, 0.25) is 0 Å². The first-order chi connectivity index (χ1) is 19.4. The number of ether oxygens (including phenoxy) is 2. The van der Waals surface area contributed by atoms with Gasteiger partial charge in [0.1, 0.15) is 11.9 Å². The normalized spacial score (nSPS) is 16.1. The van der Waals surface area contributed by atoms with Crippen molar-refractivity contribution in [2.24, 2.45) is 7.05 Å². The number of likely N-dealkylation sites (tertiary alicyclic amines) is 1. The molecule has 5 heterocycles. The maximum Gasteiger partial charge on any atom is 0.258 e. The smallest absolute Gasteiger partial charge is 0.258 e. The third-order valence-corrected chi connectivity index (χ3v) is 7.22. The Kier molecular flexibility index (Phi) is 6.71. The molecule has 6 rings (SSSR count). The van der Waals surface area contributed by atoms with Gasteiger partial charge in [0.15, 0.2) is 0 Å². The molecule has 0 atom stereocenters. The van der Waals surface area contributed by atoms with E-state index in [1.165, 1.54) is 6.08 Å². The molecule has 40 heavy (non-hydrogen) atoms. The molecule has 1 aromatic carbocycles. The lowest BCUT2D eigenvalue weighted by Gasteiger charge is -2.38. The average molecular weight is 542 g/mol. The number of amides is 2. The standard InChI is InChI=1S/C29H31N7O4/c1-4-26(37)35-16-21(17-35)40-20-8-9-23-25(14-20)36-10-6-5-7-11-39-28-22(15-30-34(28)3)24-13-19(12-18(2)31-24)27(38)33-29(36)32-23/h4,8-9,12-15,21H,1,5-7,10-11,16-17H2,2-3H3,(H,32,33,38). The number of imidazole rings is 1. The SMILES string of the molecule is C=CC(=O)N1CC(Oc2ccc3nc4n(c3c2)CCCCCOc2c(cnn2C)-c2cc(cc(C)n2)C(=O)N4)C1. The summed E-state index contributed by atoms with van der Waals surface area (Å²) >= 11 is 0. The Labute approximate surface area is 231 Å². The maximum absolute atomic E-state index is 13.5. The van der Waals surface area contributed by atoms with Crippen molar-refractivity contribution in [2.45, 2.75) is 38.8 Å². The molecule has 0 radical (unpaired) electrons. The van der Waals surface area contributed by atoms with Gasteiger partial charge in [0.2, 0.25) is 17.7 Å². The number of fused-ring (bicyclic) bond motifs is 7. The number of hydrogen-bond donors (Lipinski definition) is 1. The van der Waals surface area contributed by atoms with Gasteiger partial charge >= 0.3 is 0 Å². The molecule has 1 N–H and O–H groups in total. The third-order valence-electron chi connectivity index (χ3n) is 7.22. The molecule has 1 saturated heterocycles. The van der Waals surface area contributed by atoms with Crippen LogP contribution in [0.15, 0.2) is 49.2 Å². The van der Waals surface area contributed by atoms with E-state index in [1.54, 1.807) is 27.9 Å². The minimum absolute atomic E-state index is 0.0742. The summed E-state index contributed by atoms with van der Waals surface area (Å²) < 4.78 is 16.0. The third kappa shape index (κ3) is 4.90. The number of aromatic nitrogens is 5. The topological polar surface area (TPSA) is 116 Å². The highest BCUT2D eigenvalue weighted by atomic mass is 16.5. The first-order valence-electron chi connectivity index (χ1n) is 13.4. The predicted molar refractivity (Wildman–Crippen MR) is 149 cm³/mol. The van der Waals surface area contributed by atoms with Gasteiger partial charge in [-0.15, -0.1) is 0 Å². The summed E-state index contributed by atoms with van der Waals surface area (Å²) in [7, 11) is 1.83. The van der Waals surface area contributed by atoms with Crippen LogP contribution in [-0.4, -0.2) is 66.8 Å². The van der Waals surface area contributed by atoms with Gasteiger partial charge < -0.3 is 18.9 Å². The summed E-state index contributed by atoms with van der Waals surface area (Å²) in [5.74, 6) is 1.44. The van der Waals surface area contributed by atoms with Crippen LogP contribution in [-0.2, 0) is 18.4 Å². The van der Waals surface area contributed by atoms with Crippen LogP contribution in [0.4, 0.5) is 5.95 Å². The lowest BCUT2D eigenvalue weighted by atomic mass is 10.1. The number of carbonyl (C=O) groups is 2. The number of benzene rings is 1. The number of pyridine rings is 1.